The first kappa shape index (κ1) is 19.5. The minimum Gasteiger partial charge on any atom is -0.444 e. The Morgan fingerprint density at radius 2 is 1.57 bits per heavy atom. The van der Waals surface area contributed by atoms with Crippen LogP contribution in [0.3, 0.4) is 0 Å². The average Bonchev–Trinajstić information content (AvgIpc) is 2.39. The van der Waals surface area contributed by atoms with Crippen LogP contribution in [0.2, 0.25) is 0 Å². The number of carbonyl (C=O) groups excluding carboxylic acids is 1. The maximum absolute atomic E-state index is 11.8. The first-order valence-corrected chi connectivity index (χ1v) is 8.31. The monoisotopic (exact) mass is 320 g/mol. The number of hydrogen-bond donors (Lipinski definition) is 2. The SMILES string of the molecule is CC(C)(C)CCNCc1ccccc1CNC(=O)OC(C)(C)C. The van der Waals surface area contributed by atoms with E-state index in [0.717, 1.165) is 25.1 Å². The van der Waals surface area contributed by atoms with Crippen LogP contribution in [-0.2, 0) is 17.8 Å². The number of carbonyl (C=O) groups is 1. The van der Waals surface area contributed by atoms with E-state index in [4.69, 9.17) is 4.74 Å². The highest BCUT2D eigenvalue weighted by Gasteiger charge is 2.16. The largest absolute Gasteiger partial charge is 0.444 e. The summed E-state index contributed by atoms with van der Waals surface area (Å²) < 4.78 is 5.27. The Morgan fingerprint density at radius 1 is 1.00 bits per heavy atom. The molecule has 2 N–H and O–H groups in total. The van der Waals surface area contributed by atoms with Gasteiger partial charge in [0.05, 0.1) is 0 Å². The van der Waals surface area contributed by atoms with Gasteiger partial charge in [-0.1, -0.05) is 45.0 Å². The van der Waals surface area contributed by atoms with Gasteiger partial charge in [-0.05, 0) is 50.3 Å². The van der Waals surface area contributed by atoms with E-state index in [1.165, 1.54) is 5.56 Å². The lowest BCUT2D eigenvalue weighted by molar-refractivity contribution is 0.0523. The summed E-state index contributed by atoms with van der Waals surface area (Å²) in [6.07, 6.45) is 0.749. The van der Waals surface area contributed by atoms with Crippen LogP contribution in [0.4, 0.5) is 4.79 Å². The molecule has 1 rings (SSSR count). The molecule has 0 spiro atoms. The van der Waals surface area contributed by atoms with Crippen molar-refractivity contribution in [3.05, 3.63) is 35.4 Å². The highest BCUT2D eigenvalue weighted by molar-refractivity contribution is 5.67. The fraction of sp³-hybridized carbons (Fsp3) is 0.632. The third-order valence-electron chi connectivity index (χ3n) is 3.31. The summed E-state index contributed by atoms with van der Waals surface area (Å²) in [5.41, 5.74) is 2.18. The Bertz CT molecular complexity index is 499. The molecule has 0 fully saturated rings. The molecule has 130 valence electrons. The normalized spacial score (nSPS) is 12.1. The van der Waals surface area contributed by atoms with Gasteiger partial charge in [-0.25, -0.2) is 4.79 Å². The number of alkyl carbamates (subject to hydrolysis) is 1. The van der Waals surface area contributed by atoms with E-state index in [-0.39, 0.29) is 6.09 Å². The maximum Gasteiger partial charge on any atom is 0.407 e. The van der Waals surface area contributed by atoms with Gasteiger partial charge < -0.3 is 15.4 Å². The number of benzene rings is 1. The summed E-state index contributed by atoms with van der Waals surface area (Å²) >= 11 is 0. The van der Waals surface area contributed by atoms with Crippen LogP contribution in [0.1, 0.15) is 59.1 Å². The van der Waals surface area contributed by atoms with E-state index in [1.54, 1.807) is 0 Å². The van der Waals surface area contributed by atoms with Crippen molar-refractivity contribution < 1.29 is 9.53 Å². The highest BCUT2D eigenvalue weighted by atomic mass is 16.6. The molecule has 0 aliphatic heterocycles. The Balaban J connectivity index is 2.49. The molecular formula is C19H32N2O2. The Morgan fingerprint density at radius 3 is 2.09 bits per heavy atom. The molecule has 0 aliphatic carbocycles. The van der Waals surface area contributed by atoms with Crippen molar-refractivity contribution in [2.45, 2.75) is 66.7 Å². The Kier molecular flexibility index (Phi) is 7.07. The molecule has 1 aromatic rings. The molecule has 0 atom stereocenters. The predicted molar refractivity (Wildman–Crippen MR) is 95.3 cm³/mol. The molecule has 0 saturated heterocycles. The van der Waals surface area contributed by atoms with Crippen LogP contribution in [0.25, 0.3) is 0 Å². The van der Waals surface area contributed by atoms with Crippen LogP contribution in [0, 0.1) is 5.41 Å². The Hall–Kier alpha value is -1.55. The van der Waals surface area contributed by atoms with Crippen molar-refractivity contribution in [3.8, 4) is 0 Å². The van der Waals surface area contributed by atoms with Gasteiger partial charge in [0, 0.05) is 13.1 Å². The van der Waals surface area contributed by atoms with Crippen LogP contribution in [0.5, 0.6) is 0 Å². The molecule has 1 amide bonds. The van der Waals surface area contributed by atoms with Crippen molar-refractivity contribution in [1.29, 1.82) is 0 Å². The van der Waals surface area contributed by atoms with Gasteiger partial charge in [0.15, 0.2) is 0 Å². The highest BCUT2D eigenvalue weighted by Crippen LogP contribution is 2.17. The number of hydrogen-bond acceptors (Lipinski definition) is 3. The quantitative estimate of drug-likeness (QED) is 0.771. The van der Waals surface area contributed by atoms with Crippen LogP contribution in [0.15, 0.2) is 24.3 Å². The molecule has 4 nitrogen and oxygen atoms in total. The van der Waals surface area contributed by atoms with Crippen molar-refractivity contribution in [2.75, 3.05) is 6.54 Å². The molecule has 23 heavy (non-hydrogen) atoms. The lowest BCUT2D eigenvalue weighted by atomic mass is 9.92. The molecule has 4 heteroatoms. The maximum atomic E-state index is 11.8. The van der Waals surface area contributed by atoms with Crippen LogP contribution >= 0.6 is 0 Å². The summed E-state index contributed by atoms with van der Waals surface area (Å²) in [5.74, 6) is 0. The average molecular weight is 320 g/mol. The van der Waals surface area contributed by atoms with E-state index in [9.17, 15) is 4.79 Å². The minimum atomic E-state index is -0.474. The molecule has 0 aromatic heterocycles. The first-order chi connectivity index (χ1) is 10.6. The van der Waals surface area contributed by atoms with E-state index in [1.807, 2.05) is 39.0 Å². The fourth-order valence-electron chi connectivity index (χ4n) is 2.07. The lowest BCUT2D eigenvalue weighted by Gasteiger charge is -2.20. The van der Waals surface area contributed by atoms with Gasteiger partial charge in [-0.3, -0.25) is 0 Å². The van der Waals surface area contributed by atoms with Crippen molar-refractivity contribution in [3.63, 3.8) is 0 Å². The third kappa shape index (κ3) is 9.24. The second-order valence-electron chi connectivity index (χ2n) is 8.11. The van der Waals surface area contributed by atoms with E-state index < -0.39 is 5.60 Å². The second-order valence-corrected chi connectivity index (χ2v) is 8.11. The number of amides is 1. The zero-order valence-electron chi connectivity index (χ0n) is 15.5. The van der Waals surface area contributed by atoms with Gasteiger partial charge in [0.2, 0.25) is 0 Å². The zero-order chi connectivity index (χ0) is 17.5. The molecule has 0 aliphatic rings. The van der Waals surface area contributed by atoms with E-state index in [2.05, 4.69) is 37.5 Å². The van der Waals surface area contributed by atoms with Crippen molar-refractivity contribution in [2.24, 2.45) is 5.41 Å². The summed E-state index contributed by atoms with van der Waals surface area (Å²) in [7, 11) is 0. The smallest absolute Gasteiger partial charge is 0.407 e. The van der Waals surface area contributed by atoms with Crippen LogP contribution < -0.4 is 10.6 Å². The molecule has 0 unspecified atom stereocenters. The Labute approximate surface area is 141 Å². The van der Waals surface area contributed by atoms with Crippen molar-refractivity contribution in [1.82, 2.24) is 10.6 Å². The van der Waals surface area contributed by atoms with Gasteiger partial charge >= 0.3 is 6.09 Å². The second kappa shape index (κ2) is 8.34. The fourth-order valence-corrected chi connectivity index (χ4v) is 2.07. The number of ether oxygens (including phenoxy) is 1. The topological polar surface area (TPSA) is 50.4 Å². The summed E-state index contributed by atoms with van der Waals surface area (Å²) in [6, 6.07) is 8.15. The van der Waals surface area contributed by atoms with E-state index in [0.29, 0.717) is 12.0 Å². The standard InChI is InChI=1S/C19H32N2O2/c1-18(2,3)11-12-20-13-15-9-7-8-10-16(15)14-21-17(22)23-19(4,5)6/h7-10,20H,11-14H2,1-6H3,(H,21,22). The van der Waals surface area contributed by atoms with E-state index >= 15 is 0 Å². The van der Waals surface area contributed by atoms with Gasteiger partial charge in [0.25, 0.3) is 0 Å². The predicted octanol–water partition coefficient (Wildman–Crippen LogP) is 4.24. The molecule has 0 radical (unpaired) electrons. The molecule has 0 saturated carbocycles. The number of nitrogens with one attached hydrogen (secondary N) is 2. The molecule has 0 bridgehead atoms. The summed E-state index contributed by atoms with van der Waals surface area (Å²) in [4.78, 5) is 11.8. The molecule has 0 heterocycles. The van der Waals surface area contributed by atoms with Gasteiger partial charge in [-0.15, -0.1) is 0 Å². The minimum absolute atomic E-state index is 0.338. The summed E-state index contributed by atoms with van der Waals surface area (Å²) in [6.45, 7) is 14.6. The first-order valence-electron chi connectivity index (χ1n) is 8.31. The van der Waals surface area contributed by atoms with Gasteiger partial charge in [0.1, 0.15) is 5.60 Å². The van der Waals surface area contributed by atoms with Gasteiger partial charge in [-0.2, -0.15) is 0 Å². The zero-order valence-corrected chi connectivity index (χ0v) is 15.5. The lowest BCUT2D eigenvalue weighted by Crippen LogP contribution is -2.32. The summed E-state index contributed by atoms with van der Waals surface area (Å²) in [5, 5.41) is 6.30. The van der Waals surface area contributed by atoms with Crippen LogP contribution in [-0.4, -0.2) is 18.2 Å². The number of rotatable bonds is 6. The molecular weight excluding hydrogens is 288 g/mol. The van der Waals surface area contributed by atoms with Crippen molar-refractivity contribution >= 4 is 6.09 Å². The molecule has 1 aromatic carbocycles. The third-order valence-corrected chi connectivity index (χ3v) is 3.31.